The Morgan fingerprint density at radius 3 is 3.00 bits per heavy atom. The Labute approximate surface area is 94.8 Å². The normalized spacial score (nSPS) is 15.5. The van der Waals surface area contributed by atoms with E-state index in [-0.39, 0.29) is 5.97 Å². The second-order valence-corrected chi connectivity index (χ2v) is 4.18. The van der Waals surface area contributed by atoms with Crippen LogP contribution in [0.5, 0.6) is 0 Å². The largest absolute Gasteiger partial charge is 0.462 e. The highest BCUT2D eigenvalue weighted by molar-refractivity contribution is 5.94. The van der Waals surface area contributed by atoms with E-state index in [0.29, 0.717) is 17.9 Å². The molecule has 0 aromatic carbocycles. The van der Waals surface area contributed by atoms with Crippen LogP contribution in [0.25, 0.3) is 0 Å². The van der Waals surface area contributed by atoms with E-state index >= 15 is 0 Å². The van der Waals surface area contributed by atoms with Crippen molar-refractivity contribution in [2.45, 2.75) is 25.7 Å². The van der Waals surface area contributed by atoms with Gasteiger partial charge in [0.05, 0.1) is 24.1 Å². The van der Waals surface area contributed by atoms with Crippen LogP contribution < -0.4 is 5.73 Å². The predicted molar refractivity (Wildman–Crippen MR) is 60.9 cm³/mol. The second-order valence-electron chi connectivity index (χ2n) is 4.18. The molecule has 16 heavy (non-hydrogen) atoms. The molecule has 2 N–H and O–H groups in total. The lowest BCUT2D eigenvalue weighted by Gasteiger charge is -2.24. The van der Waals surface area contributed by atoms with Crippen molar-refractivity contribution >= 4 is 11.7 Å². The van der Waals surface area contributed by atoms with Gasteiger partial charge < -0.3 is 10.5 Å². The summed E-state index contributed by atoms with van der Waals surface area (Å²) in [5, 5.41) is 0. The van der Waals surface area contributed by atoms with Gasteiger partial charge in [0.15, 0.2) is 0 Å². The molecule has 4 heteroatoms. The zero-order valence-electron chi connectivity index (χ0n) is 9.19. The van der Waals surface area contributed by atoms with Crippen molar-refractivity contribution in [3.05, 3.63) is 24.0 Å². The van der Waals surface area contributed by atoms with E-state index in [9.17, 15) is 4.79 Å². The number of aromatic nitrogens is 1. The van der Waals surface area contributed by atoms with Gasteiger partial charge >= 0.3 is 5.97 Å². The first-order valence-corrected chi connectivity index (χ1v) is 5.64. The summed E-state index contributed by atoms with van der Waals surface area (Å²) < 4.78 is 5.17. The molecule has 1 aliphatic rings. The van der Waals surface area contributed by atoms with Crippen molar-refractivity contribution in [2.24, 2.45) is 5.92 Å². The Hall–Kier alpha value is -1.58. The summed E-state index contributed by atoms with van der Waals surface area (Å²) in [6, 6.07) is 1.58. The van der Waals surface area contributed by atoms with Crippen molar-refractivity contribution < 1.29 is 9.53 Å². The minimum absolute atomic E-state index is 0.348. The highest BCUT2D eigenvalue weighted by atomic mass is 16.5. The molecule has 4 nitrogen and oxygen atoms in total. The Morgan fingerprint density at radius 2 is 2.38 bits per heavy atom. The monoisotopic (exact) mass is 220 g/mol. The third kappa shape index (κ3) is 2.51. The standard InChI is InChI=1S/C12H16N2O2/c13-11-8-14-6-4-10(11)12(15)16-7-5-9-2-1-3-9/h4,6,8-9H,1-3,5,7,13H2. The number of carbonyl (C=O) groups excluding carboxylic acids is 1. The highest BCUT2D eigenvalue weighted by Gasteiger charge is 2.18. The molecule has 1 aromatic rings. The molecule has 1 heterocycles. The summed E-state index contributed by atoms with van der Waals surface area (Å²) >= 11 is 0. The van der Waals surface area contributed by atoms with Gasteiger partial charge in [-0.2, -0.15) is 0 Å². The van der Waals surface area contributed by atoms with Crippen LogP contribution in [0, 0.1) is 5.92 Å². The molecule has 1 saturated carbocycles. The minimum atomic E-state index is -0.348. The smallest absolute Gasteiger partial charge is 0.340 e. The molecule has 0 unspecified atom stereocenters. The van der Waals surface area contributed by atoms with Crippen LogP contribution in [-0.2, 0) is 4.74 Å². The van der Waals surface area contributed by atoms with Gasteiger partial charge in [-0.15, -0.1) is 0 Å². The molecule has 1 aliphatic carbocycles. The van der Waals surface area contributed by atoms with Crippen LogP contribution in [0.1, 0.15) is 36.0 Å². The number of hydrogen-bond donors (Lipinski definition) is 1. The lowest BCUT2D eigenvalue weighted by Crippen LogP contribution is -2.16. The van der Waals surface area contributed by atoms with Crippen LogP contribution in [0.2, 0.25) is 0 Å². The number of pyridine rings is 1. The fourth-order valence-corrected chi connectivity index (χ4v) is 1.77. The maximum atomic E-state index is 11.6. The highest BCUT2D eigenvalue weighted by Crippen LogP contribution is 2.29. The quantitative estimate of drug-likeness (QED) is 0.788. The fourth-order valence-electron chi connectivity index (χ4n) is 1.77. The summed E-state index contributed by atoms with van der Waals surface area (Å²) in [4.78, 5) is 15.4. The van der Waals surface area contributed by atoms with E-state index in [1.54, 1.807) is 12.3 Å². The summed E-state index contributed by atoms with van der Waals surface area (Å²) in [6.45, 7) is 0.491. The molecular formula is C12H16N2O2. The minimum Gasteiger partial charge on any atom is -0.462 e. The van der Waals surface area contributed by atoms with Gasteiger partial charge in [0, 0.05) is 6.20 Å². The van der Waals surface area contributed by atoms with E-state index in [1.807, 2.05) is 0 Å². The van der Waals surface area contributed by atoms with E-state index in [1.165, 1.54) is 25.5 Å². The van der Waals surface area contributed by atoms with Gasteiger partial charge in [-0.1, -0.05) is 19.3 Å². The molecule has 0 bridgehead atoms. The molecule has 0 amide bonds. The Kier molecular flexibility index (Phi) is 3.39. The van der Waals surface area contributed by atoms with E-state index in [4.69, 9.17) is 10.5 Å². The molecule has 0 atom stereocenters. The molecule has 86 valence electrons. The Bertz CT molecular complexity index is 375. The lowest BCUT2D eigenvalue weighted by atomic mass is 9.83. The maximum Gasteiger partial charge on any atom is 0.340 e. The molecule has 0 spiro atoms. The average molecular weight is 220 g/mol. The summed E-state index contributed by atoms with van der Waals surface area (Å²) in [6.07, 6.45) is 7.83. The first kappa shape index (κ1) is 10.9. The number of ether oxygens (including phenoxy) is 1. The molecule has 0 saturated heterocycles. The summed E-state index contributed by atoms with van der Waals surface area (Å²) in [5.74, 6) is 0.404. The second kappa shape index (κ2) is 4.96. The predicted octanol–water partition coefficient (Wildman–Crippen LogP) is 2.01. The van der Waals surface area contributed by atoms with Crippen LogP contribution in [0.3, 0.4) is 0 Å². The van der Waals surface area contributed by atoms with E-state index in [0.717, 1.165) is 12.3 Å². The molecule has 1 aromatic heterocycles. The number of esters is 1. The summed E-state index contributed by atoms with van der Waals surface area (Å²) in [5.41, 5.74) is 6.40. The van der Waals surface area contributed by atoms with E-state index in [2.05, 4.69) is 4.98 Å². The van der Waals surface area contributed by atoms with Crippen LogP contribution in [0.4, 0.5) is 5.69 Å². The van der Waals surface area contributed by atoms with Crippen molar-refractivity contribution in [3.63, 3.8) is 0 Å². The van der Waals surface area contributed by atoms with Crippen LogP contribution in [0.15, 0.2) is 18.5 Å². The number of carbonyl (C=O) groups is 1. The number of nitrogens with zero attached hydrogens (tertiary/aromatic N) is 1. The number of anilines is 1. The van der Waals surface area contributed by atoms with Crippen molar-refractivity contribution in [3.8, 4) is 0 Å². The van der Waals surface area contributed by atoms with Crippen LogP contribution in [-0.4, -0.2) is 17.6 Å². The maximum absolute atomic E-state index is 11.6. The fraction of sp³-hybridized carbons (Fsp3) is 0.500. The van der Waals surface area contributed by atoms with Crippen LogP contribution >= 0.6 is 0 Å². The zero-order valence-corrected chi connectivity index (χ0v) is 9.19. The first-order chi connectivity index (χ1) is 7.77. The number of rotatable bonds is 4. The van der Waals surface area contributed by atoms with Crippen molar-refractivity contribution in [1.29, 1.82) is 0 Å². The third-order valence-electron chi connectivity index (χ3n) is 3.06. The van der Waals surface area contributed by atoms with Gasteiger partial charge in [-0.05, 0) is 18.4 Å². The van der Waals surface area contributed by atoms with Gasteiger partial charge in [-0.3, -0.25) is 4.98 Å². The number of hydrogen-bond acceptors (Lipinski definition) is 4. The van der Waals surface area contributed by atoms with Gasteiger partial charge in [-0.25, -0.2) is 4.79 Å². The number of nitrogen functional groups attached to an aromatic ring is 1. The first-order valence-electron chi connectivity index (χ1n) is 5.64. The molecule has 0 aliphatic heterocycles. The Morgan fingerprint density at radius 1 is 1.56 bits per heavy atom. The summed E-state index contributed by atoms with van der Waals surface area (Å²) in [7, 11) is 0. The zero-order chi connectivity index (χ0) is 11.4. The van der Waals surface area contributed by atoms with E-state index < -0.39 is 0 Å². The molecule has 0 radical (unpaired) electrons. The average Bonchev–Trinajstić information content (AvgIpc) is 2.22. The van der Waals surface area contributed by atoms with Crippen molar-refractivity contribution in [2.75, 3.05) is 12.3 Å². The van der Waals surface area contributed by atoms with Gasteiger partial charge in [0.1, 0.15) is 0 Å². The topological polar surface area (TPSA) is 65.2 Å². The third-order valence-corrected chi connectivity index (χ3v) is 3.06. The molecule has 2 rings (SSSR count). The molecule has 1 fully saturated rings. The Balaban J connectivity index is 1.81. The lowest BCUT2D eigenvalue weighted by molar-refractivity contribution is 0.0465. The number of nitrogens with two attached hydrogens (primary N) is 1. The van der Waals surface area contributed by atoms with Crippen molar-refractivity contribution in [1.82, 2.24) is 4.98 Å². The molecular weight excluding hydrogens is 204 g/mol. The SMILES string of the molecule is Nc1cnccc1C(=O)OCCC1CCC1. The van der Waals surface area contributed by atoms with Gasteiger partial charge in [0.25, 0.3) is 0 Å². The van der Waals surface area contributed by atoms with Gasteiger partial charge in [0.2, 0.25) is 0 Å².